The fourth-order valence-corrected chi connectivity index (χ4v) is 4.87. The van der Waals surface area contributed by atoms with E-state index in [0.717, 1.165) is 36.5 Å². The van der Waals surface area contributed by atoms with Gasteiger partial charge >= 0.3 is 0 Å². The molecule has 0 aliphatic carbocycles. The number of ether oxygens (including phenoxy) is 1. The Kier molecular flexibility index (Phi) is 4.55. The normalized spacial score (nSPS) is 23.9. The van der Waals surface area contributed by atoms with E-state index >= 15 is 0 Å². The predicted molar refractivity (Wildman–Crippen MR) is 114 cm³/mol. The Morgan fingerprint density at radius 3 is 2.72 bits per heavy atom. The van der Waals surface area contributed by atoms with Gasteiger partial charge in [0, 0.05) is 18.4 Å². The average Bonchev–Trinajstić information content (AvgIpc) is 3.61. The van der Waals surface area contributed by atoms with Crippen LogP contribution in [0.3, 0.4) is 0 Å². The summed E-state index contributed by atoms with van der Waals surface area (Å²) in [5.74, 6) is 0. The van der Waals surface area contributed by atoms with Gasteiger partial charge in [0.15, 0.2) is 5.69 Å². The van der Waals surface area contributed by atoms with Gasteiger partial charge in [-0.05, 0) is 42.3 Å². The molecule has 1 unspecified atom stereocenters. The molecule has 0 saturated carbocycles. The van der Waals surface area contributed by atoms with Crippen LogP contribution in [0.5, 0.6) is 0 Å². The first-order chi connectivity index (χ1) is 15.6. The van der Waals surface area contributed by atoms with Crippen molar-refractivity contribution in [3.63, 3.8) is 0 Å². The molecule has 1 aromatic heterocycles. The monoisotopic (exact) mass is 439 g/mol. The first kappa shape index (κ1) is 19.5. The zero-order valence-electron chi connectivity index (χ0n) is 17.3. The third kappa shape index (κ3) is 3.11. The van der Waals surface area contributed by atoms with Crippen molar-refractivity contribution in [1.29, 1.82) is 0 Å². The number of alkyl halides is 2. The molecule has 4 aliphatic heterocycles. The maximum Gasteiger partial charge on any atom is 0.284 e. The van der Waals surface area contributed by atoms with Crippen molar-refractivity contribution in [3.05, 3.63) is 77.5 Å². The Balaban J connectivity index is 1.27. The second kappa shape index (κ2) is 7.46. The smallest absolute Gasteiger partial charge is 0.284 e. The van der Waals surface area contributed by atoms with Crippen LogP contribution >= 0.6 is 0 Å². The van der Waals surface area contributed by atoms with E-state index < -0.39 is 6.43 Å². The van der Waals surface area contributed by atoms with Crippen molar-refractivity contribution in [2.45, 2.75) is 31.6 Å². The van der Waals surface area contributed by atoms with E-state index in [1.54, 1.807) is 30.5 Å². The van der Waals surface area contributed by atoms with Gasteiger partial charge in [-0.15, -0.1) is 0 Å². The molecule has 0 amide bonds. The van der Waals surface area contributed by atoms with Crippen LogP contribution in [0.15, 0.2) is 66.3 Å². The fourth-order valence-electron chi connectivity index (χ4n) is 4.87. The molecule has 6 rings (SSSR count). The second-order valence-electron chi connectivity index (χ2n) is 8.41. The minimum atomic E-state index is -2.70. The Labute approximate surface area is 184 Å². The predicted octanol–water partition coefficient (Wildman–Crippen LogP) is 3.11. The Morgan fingerprint density at radius 2 is 2.03 bits per heavy atom. The van der Waals surface area contributed by atoms with Crippen molar-refractivity contribution in [3.8, 4) is 5.69 Å². The number of hydrazine groups is 1. The Bertz CT molecular complexity index is 1120. The summed E-state index contributed by atoms with van der Waals surface area (Å²) in [6, 6.07) is 7.44. The summed E-state index contributed by atoms with van der Waals surface area (Å²) in [7, 11) is 0. The van der Waals surface area contributed by atoms with Gasteiger partial charge in [0.25, 0.3) is 6.43 Å². The van der Waals surface area contributed by atoms with Crippen LogP contribution < -0.4 is 5.01 Å². The number of allylic oxidation sites excluding steroid dienone is 2. The number of anilines is 1. The zero-order chi connectivity index (χ0) is 21.8. The molecule has 5 heterocycles. The lowest BCUT2D eigenvalue weighted by atomic mass is 10.2. The number of benzene rings is 1. The standard InChI is InChI=1S/C23H23F2N5O2/c24-23(25)22-21(12-28(26-22)16-3-1-15(13-31)2-4-16)30-8-6-18-9-17(5-7-29(18)30)27-11-20-10-19(27)14-32-20/h1-7,9,12,19-20,23,31H,8,10-11,13-14H2/t19?,20-/m1/s1. The van der Waals surface area contributed by atoms with Crippen LogP contribution in [0.25, 0.3) is 5.69 Å². The van der Waals surface area contributed by atoms with Crippen molar-refractivity contribution in [2.24, 2.45) is 0 Å². The lowest BCUT2D eigenvalue weighted by Crippen LogP contribution is -2.38. The lowest BCUT2D eigenvalue weighted by Gasteiger charge is -2.35. The molecule has 0 radical (unpaired) electrons. The SMILES string of the molecule is OCc1ccc(-n2cc(N3CC=C4C=C(N5C[C@H]6CC5CO6)C=CN43)c(C(F)F)n2)cc1. The van der Waals surface area contributed by atoms with E-state index in [0.29, 0.717) is 30.1 Å². The highest BCUT2D eigenvalue weighted by molar-refractivity contribution is 5.56. The third-order valence-corrected chi connectivity index (χ3v) is 6.50. The topological polar surface area (TPSA) is 57.0 Å². The number of aromatic nitrogens is 2. The minimum absolute atomic E-state index is 0.0716. The molecule has 2 saturated heterocycles. The summed E-state index contributed by atoms with van der Waals surface area (Å²) in [5, 5.41) is 17.1. The first-order valence-corrected chi connectivity index (χ1v) is 10.7. The highest BCUT2D eigenvalue weighted by Crippen LogP contribution is 2.38. The van der Waals surface area contributed by atoms with Gasteiger partial charge in [0.2, 0.25) is 0 Å². The van der Waals surface area contributed by atoms with E-state index in [-0.39, 0.29) is 12.3 Å². The molecule has 7 nitrogen and oxygen atoms in total. The van der Waals surface area contributed by atoms with Crippen molar-refractivity contribution in [1.82, 2.24) is 19.7 Å². The van der Waals surface area contributed by atoms with E-state index in [2.05, 4.69) is 16.1 Å². The zero-order valence-corrected chi connectivity index (χ0v) is 17.3. The number of morpholine rings is 1. The van der Waals surface area contributed by atoms with Gasteiger partial charge in [-0.2, -0.15) is 5.10 Å². The second-order valence-corrected chi connectivity index (χ2v) is 8.41. The number of halogens is 2. The van der Waals surface area contributed by atoms with E-state index in [4.69, 9.17) is 4.74 Å². The molecule has 2 bridgehead atoms. The number of rotatable bonds is 5. The van der Waals surface area contributed by atoms with Crippen LogP contribution in [0.1, 0.15) is 24.1 Å². The number of aliphatic hydroxyl groups is 1. The summed E-state index contributed by atoms with van der Waals surface area (Å²) in [6.45, 7) is 2.07. The van der Waals surface area contributed by atoms with Crippen LogP contribution in [-0.4, -0.2) is 56.6 Å². The summed E-state index contributed by atoms with van der Waals surface area (Å²) >= 11 is 0. The molecule has 1 N–H and O–H groups in total. The van der Waals surface area contributed by atoms with Gasteiger partial charge in [-0.3, -0.25) is 10.0 Å². The number of hydrogen-bond acceptors (Lipinski definition) is 6. The molecule has 0 spiro atoms. The van der Waals surface area contributed by atoms with E-state index in [1.807, 2.05) is 28.4 Å². The van der Waals surface area contributed by atoms with Crippen LogP contribution in [0.4, 0.5) is 14.5 Å². The summed E-state index contributed by atoms with van der Waals surface area (Å²) < 4.78 is 34.9. The Morgan fingerprint density at radius 1 is 1.19 bits per heavy atom. The van der Waals surface area contributed by atoms with E-state index in [9.17, 15) is 13.9 Å². The van der Waals surface area contributed by atoms with Crippen molar-refractivity contribution >= 4 is 5.69 Å². The van der Waals surface area contributed by atoms with E-state index in [1.165, 1.54) is 4.68 Å². The minimum Gasteiger partial charge on any atom is -0.392 e. The molecule has 2 fully saturated rings. The maximum absolute atomic E-state index is 13.9. The van der Waals surface area contributed by atoms with Crippen LogP contribution in [0, 0.1) is 0 Å². The number of hydrogen-bond donors (Lipinski definition) is 1. The largest absolute Gasteiger partial charge is 0.392 e. The van der Waals surface area contributed by atoms with Gasteiger partial charge in [0.05, 0.1) is 49.5 Å². The quantitative estimate of drug-likeness (QED) is 0.773. The number of aliphatic hydroxyl groups excluding tert-OH is 1. The van der Waals surface area contributed by atoms with Crippen LogP contribution in [0.2, 0.25) is 0 Å². The van der Waals surface area contributed by atoms with Gasteiger partial charge in [0.1, 0.15) is 5.69 Å². The summed E-state index contributed by atoms with van der Waals surface area (Å²) in [6.07, 6.45) is 8.43. The molecule has 2 atom stereocenters. The molecular weight excluding hydrogens is 416 g/mol. The van der Waals surface area contributed by atoms with Gasteiger partial charge < -0.3 is 14.7 Å². The Hall–Kier alpha value is -3.17. The van der Waals surface area contributed by atoms with Gasteiger partial charge in [-0.1, -0.05) is 12.1 Å². The van der Waals surface area contributed by atoms with Crippen molar-refractivity contribution in [2.75, 3.05) is 24.7 Å². The molecule has 32 heavy (non-hydrogen) atoms. The highest BCUT2D eigenvalue weighted by atomic mass is 19.3. The van der Waals surface area contributed by atoms with Crippen molar-refractivity contribution < 1.29 is 18.6 Å². The summed E-state index contributed by atoms with van der Waals surface area (Å²) in [4.78, 5) is 2.38. The lowest BCUT2D eigenvalue weighted by molar-refractivity contribution is 0.0457. The van der Waals surface area contributed by atoms with Gasteiger partial charge in [-0.25, -0.2) is 13.5 Å². The number of likely N-dealkylation sites (tertiary alicyclic amines) is 1. The fraction of sp³-hybridized carbons (Fsp3) is 0.348. The first-order valence-electron chi connectivity index (χ1n) is 10.7. The maximum atomic E-state index is 13.9. The average molecular weight is 439 g/mol. The molecule has 2 aromatic rings. The number of nitrogens with zero attached hydrogens (tertiary/aromatic N) is 5. The molecular formula is C23H23F2N5O2. The molecule has 166 valence electrons. The highest BCUT2D eigenvalue weighted by Gasteiger charge is 2.40. The number of fused-ring (bicyclic) bond motifs is 3. The molecule has 9 heteroatoms. The molecule has 1 aromatic carbocycles. The third-order valence-electron chi connectivity index (χ3n) is 6.50. The van der Waals surface area contributed by atoms with Crippen LogP contribution in [-0.2, 0) is 11.3 Å². The summed E-state index contributed by atoms with van der Waals surface area (Å²) in [5.41, 5.74) is 3.62. The molecule has 4 aliphatic rings.